The number of carbonyl (C=O) groups excluding carboxylic acids is 2. The van der Waals surface area contributed by atoms with Gasteiger partial charge < -0.3 is 15.0 Å². The first-order chi connectivity index (χ1) is 14.3. The first-order valence-electron chi connectivity index (χ1n) is 9.35. The third-order valence-electron chi connectivity index (χ3n) is 4.24. The van der Waals surface area contributed by atoms with Crippen molar-refractivity contribution in [2.24, 2.45) is 0 Å². The van der Waals surface area contributed by atoms with E-state index in [1.807, 2.05) is 38.3 Å². The number of nitrogens with one attached hydrogen (secondary N) is 1. The van der Waals surface area contributed by atoms with E-state index in [2.05, 4.69) is 14.9 Å². The summed E-state index contributed by atoms with van der Waals surface area (Å²) >= 11 is 2.63. The van der Waals surface area contributed by atoms with Gasteiger partial charge in [0.1, 0.15) is 11.8 Å². The van der Waals surface area contributed by atoms with Gasteiger partial charge in [-0.15, -0.1) is 16.4 Å². The monoisotopic (exact) mass is 444 g/mol. The van der Waals surface area contributed by atoms with E-state index in [0.717, 1.165) is 16.4 Å². The molecule has 2 aromatic heterocycles. The Morgan fingerprint density at radius 2 is 1.93 bits per heavy atom. The highest BCUT2D eigenvalue weighted by Gasteiger charge is 2.35. The lowest BCUT2D eigenvalue weighted by Gasteiger charge is -2.33. The predicted octanol–water partition coefficient (Wildman–Crippen LogP) is 3.91. The maximum Gasteiger partial charge on any atom is 0.276 e. The molecule has 158 valence electrons. The molecule has 0 radical (unpaired) electrons. The highest BCUT2D eigenvalue weighted by Crippen LogP contribution is 2.28. The Morgan fingerprint density at radius 1 is 1.20 bits per heavy atom. The number of thiophene rings is 1. The molecule has 30 heavy (non-hydrogen) atoms. The normalized spacial score (nSPS) is 12.3. The maximum absolute atomic E-state index is 13.4. The summed E-state index contributed by atoms with van der Waals surface area (Å²) in [6.07, 6.45) is 0. The Bertz CT molecular complexity index is 965. The Hall–Kier alpha value is -2.78. The summed E-state index contributed by atoms with van der Waals surface area (Å²) in [5.41, 5.74) is 0.450. The predicted molar refractivity (Wildman–Crippen MR) is 118 cm³/mol. The molecule has 0 aliphatic carbocycles. The van der Waals surface area contributed by atoms with Crippen LogP contribution in [0.15, 0.2) is 47.2 Å². The van der Waals surface area contributed by atoms with Crippen molar-refractivity contribution in [2.75, 3.05) is 7.11 Å². The molecule has 7 nitrogen and oxygen atoms in total. The minimum absolute atomic E-state index is 0.221. The minimum Gasteiger partial charge on any atom is -0.497 e. The van der Waals surface area contributed by atoms with Gasteiger partial charge >= 0.3 is 0 Å². The Kier molecular flexibility index (Phi) is 6.84. The molecule has 0 fully saturated rings. The van der Waals surface area contributed by atoms with Crippen molar-refractivity contribution in [3.63, 3.8) is 0 Å². The Morgan fingerprint density at radius 3 is 2.47 bits per heavy atom. The summed E-state index contributed by atoms with van der Waals surface area (Å²) in [6, 6.07) is 10.2. The van der Waals surface area contributed by atoms with E-state index in [1.165, 1.54) is 11.3 Å². The molecular formula is C21H24N4O3S2. The molecule has 1 N–H and O–H groups in total. The molecular weight excluding hydrogens is 420 g/mol. The van der Waals surface area contributed by atoms with Gasteiger partial charge in [-0.1, -0.05) is 22.7 Å². The zero-order valence-electron chi connectivity index (χ0n) is 17.3. The van der Waals surface area contributed by atoms with Crippen LogP contribution in [0.5, 0.6) is 5.75 Å². The number of ether oxygens (including phenoxy) is 1. The molecule has 1 atom stereocenters. The third-order valence-corrected chi connectivity index (χ3v) is 5.60. The fourth-order valence-electron chi connectivity index (χ4n) is 2.95. The summed E-state index contributed by atoms with van der Waals surface area (Å²) < 4.78 is 9.06. The van der Waals surface area contributed by atoms with Crippen molar-refractivity contribution < 1.29 is 14.3 Å². The van der Waals surface area contributed by atoms with Gasteiger partial charge in [0.2, 0.25) is 5.91 Å². The second-order valence-electron chi connectivity index (χ2n) is 7.72. The molecule has 0 spiro atoms. The average molecular weight is 445 g/mol. The fourth-order valence-corrected chi connectivity index (χ4v) is 4.09. The number of carbonyl (C=O) groups is 2. The molecule has 0 bridgehead atoms. The van der Waals surface area contributed by atoms with Crippen LogP contribution in [0.1, 0.15) is 47.7 Å². The number of amides is 2. The topological polar surface area (TPSA) is 84.4 Å². The lowest BCUT2D eigenvalue weighted by molar-refractivity contribution is -0.127. The lowest BCUT2D eigenvalue weighted by Crippen LogP contribution is -2.49. The van der Waals surface area contributed by atoms with Gasteiger partial charge in [0.25, 0.3) is 5.91 Å². The largest absolute Gasteiger partial charge is 0.497 e. The van der Waals surface area contributed by atoms with Crippen LogP contribution in [0, 0.1) is 0 Å². The second-order valence-corrected chi connectivity index (χ2v) is 9.36. The minimum atomic E-state index is -0.841. The summed E-state index contributed by atoms with van der Waals surface area (Å²) in [5.74, 6) is 0.0661. The van der Waals surface area contributed by atoms with Crippen molar-refractivity contribution in [1.29, 1.82) is 0 Å². The van der Waals surface area contributed by atoms with Crippen LogP contribution in [0.25, 0.3) is 0 Å². The third kappa shape index (κ3) is 5.43. The highest BCUT2D eigenvalue weighted by atomic mass is 32.1. The van der Waals surface area contributed by atoms with E-state index in [9.17, 15) is 9.59 Å². The summed E-state index contributed by atoms with van der Waals surface area (Å²) in [4.78, 5) is 29.3. The van der Waals surface area contributed by atoms with Gasteiger partial charge in [-0.05, 0) is 61.4 Å². The molecule has 1 aromatic carbocycles. The Labute approximate surface area is 183 Å². The molecule has 9 heteroatoms. The summed E-state index contributed by atoms with van der Waals surface area (Å²) in [7, 11) is 1.58. The molecule has 0 saturated carbocycles. The van der Waals surface area contributed by atoms with E-state index >= 15 is 0 Å². The first-order valence-corrected chi connectivity index (χ1v) is 11.1. The molecule has 3 aromatic rings. The van der Waals surface area contributed by atoms with Crippen molar-refractivity contribution in [2.45, 2.75) is 38.9 Å². The SMILES string of the molecule is COc1ccc([C@H](C(=O)NC(C)(C)C)N(Cc2cccs2)C(=O)c2csnn2)cc1. The quantitative estimate of drug-likeness (QED) is 0.597. The van der Waals surface area contributed by atoms with Gasteiger partial charge in [-0.25, -0.2) is 0 Å². The first kappa shape index (κ1) is 21.9. The van der Waals surface area contributed by atoms with Gasteiger partial charge in [0, 0.05) is 15.8 Å². The van der Waals surface area contributed by atoms with Gasteiger partial charge in [-0.3, -0.25) is 9.59 Å². The number of methoxy groups -OCH3 is 1. The second kappa shape index (κ2) is 9.36. The fraction of sp³-hybridized carbons (Fsp3) is 0.333. The van der Waals surface area contributed by atoms with Crippen molar-refractivity contribution in [3.8, 4) is 5.75 Å². The van der Waals surface area contributed by atoms with Gasteiger partial charge in [0.05, 0.1) is 13.7 Å². The van der Waals surface area contributed by atoms with Gasteiger partial charge in [0.15, 0.2) is 5.69 Å². The number of nitrogens with zero attached hydrogens (tertiary/aromatic N) is 3. The zero-order chi connectivity index (χ0) is 21.7. The Balaban J connectivity index is 2.06. The molecule has 0 saturated heterocycles. The molecule has 0 aliphatic heterocycles. The van der Waals surface area contributed by atoms with E-state index < -0.39 is 11.6 Å². The van der Waals surface area contributed by atoms with Crippen molar-refractivity contribution >= 4 is 34.7 Å². The van der Waals surface area contributed by atoms with Crippen molar-refractivity contribution in [1.82, 2.24) is 19.8 Å². The lowest BCUT2D eigenvalue weighted by atomic mass is 10.0. The molecule has 2 amide bonds. The molecule has 3 rings (SSSR count). The van der Waals surface area contributed by atoms with Crippen LogP contribution in [0.2, 0.25) is 0 Å². The number of aromatic nitrogens is 2. The molecule has 0 aliphatic rings. The van der Waals surface area contributed by atoms with E-state index in [1.54, 1.807) is 41.7 Å². The van der Waals surface area contributed by atoms with Crippen LogP contribution in [0.3, 0.4) is 0 Å². The molecule has 0 unspecified atom stereocenters. The highest BCUT2D eigenvalue weighted by molar-refractivity contribution is 7.09. The zero-order valence-corrected chi connectivity index (χ0v) is 18.9. The number of benzene rings is 1. The van der Waals surface area contributed by atoms with E-state index in [-0.39, 0.29) is 24.1 Å². The standard InChI is InChI=1S/C21H24N4O3S2/c1-21(2,3)22-19(26)18(14-7-9-15(28-4)10-8-14)25(12-16-6-5-11-29-16)20(27)17-13-30-24-23-17/h5-11,13,18H,12H2,1-4H3,(H,22,26)/t18-/m1/s1. The van der Waals surface area contributed by atoms with Crippen LogP contribution >= 0.6 is 22.9 Å². The summed E-state index contributed by atoms with van der Waals surface area (Å²) in [5, 5.41) is 10.5. The number of rotatable bonds is 7. The average Bonchev–Trinajstić information content (AvgIpc) is 3.40. The summed E-state index contributed by atoms with van der Waals surface area (Å²) in [6.45, 7) is 6.01. The molecule has 2 heterocycles. The van der Waals surface area contributed by atoms with Gasteiger partial charge in [-0.2, -0.15) is 0 Å². The number of hydrogen-bond acceptors (Lipinski definition) is 7. The van der Waals surface area contributed by atoms with E-state index in [4.69, 9.17) is 4.74 Å². The maximum atomic E-state index is 13.4. The van der Waals surface area contributed by atoms with E-state index in [0.29, 0.717) is 11.3 Å². The van der Waals surface area contributed by atoms with Crippen LogP contribution < -0.4 is 10.1 Å². The number of hydrogen-bond donors (Lipinski definition) is 1. The van der Waals surface area contributed by atoms with Crippen LogP contribution in [0.4, 0.5) is 0 Å². The van der Waals surface area contributed by atoms with Crippen LogP contribution in [-0.4, -0.2) is 38.9 Å². The van der Waals surface area contributed by atoms with Crippen molar-refractivity contribution in [3.05, 3.63) is 63.3 Å². The van der Waals surface area contributed by atoms with Crippen LogP contribution in [-0.2, 0) is 11.3 Å². The smallest absolute Gasteiger partial charge is 0.276 e.